The minimum Gasteiger partial charge on any atom is -0.310 e. The monoisotopic (exact) mass is 235 g/mol. The maximum atomic E-state index is 4.73. The third kappa shape index (κ3) is 2.71. The second kappa shape index (κ2) is 5.21. The summed E-state index contributed by atoms with van der Waals surface area (Å²) in [6.45, 7) is 9.82. The van der Waals surface area contributed by atoms with Gasteiger partial charge in [-0.2, -0.15) is 5.10 Å². The van der Waals surface area contributed by atoms with Crippen molar-refractivity contribution in [1.29, 1.82) is 0 Å². The molecule has 0 amide bonds. The van der Waals surface area contributed by atoms with E-state index in [0.717, 1.165) is 25.4 Å². The molecule has 0 aromatic carbocycles. The molecular weight excluding hydrogens is 210 g/mol. The summed E-state index contributed by atoms with van der Waals surface area (Å²) in [5, 5.41) is 8.32. The highest BCUT2D eigenvalue weighted by Crippen LogP contribution is 2.24. The van der Waals surface area contributed by atoms with Crippen molar-refractivity contribution in [3.05, 3.63) is 17.0 Å². The van der Waals surface area contributed by atoms with Crippen molar-refractivity contribution in [2.75, 3.05) is 0 Å². The van der Waals surface area contributed by atoms with Crippen LogP contribution in [-0.2, 0) is 6.54 Å². The average molecular weight is 235 g/mol. The van der Waals surface area contributed by atoms with Gasteiger partial charge >= 0.3 is 0 Å². The number of aryl methyl sites for hydroxylation is 1. The molecule has 1 aliphatic rings. The fraction of sp³-hybridized carbons (Fsp3) is 0.786. The molecule has 0 aliphatic heterocycles. The first kappa shape index (κ1) is 12.6. The molecule has 1 fully saturated rings. The number of hydrogen-bond acceptors (Lipinski definition) is 2. The smallest absolute Gasteiger partial charge is 0.0641 e. The van der Waals surface area contributed by atoms with E-state index in [4.69, 9.17) is 5.10 Å². The van der Waals surface area contributed by atoms with Gasteiger partial charge in [0.05, 0.1) is 11.7 Å². The van der Waals surface area contributed by atoms with Gasteiger partial charge in [-0.1, -0.05) is 13.8 Å². The van der Waals surface area contributed by atoms with Crippen molar-refractivity contribution in [2.24, 2.45) is 0 Å². The van der Waals surface area contributed by atoms with E-state index in [1.807, 2.05) is 0 Å². The van der Waals surface area contributed by atoms with Crippen LogP contribution in [0.2, 0.25) is 0 Å². The molecule has 0 atom stereocenters. The highest BCUT2D eigenvalue weighted by molar-refractivity contribution is 5.25. The first-order chi connectivity index (χ1) is 8.17. The predicted octanol–water partition coefficient (Wildman–Crippen LogP) is 3.11. The maximum Gasteiger partial charge on any atom is 0.0641 e. The predicted molar refractivity (Wildman–Crippen MR) is 71.2 cm³/mol. The largest absolute Gasteiger partial charge is 0.310 e. The molecule has 0 bridgehead atoms. The Hall–Kier alpha value is -0.830. The van der Waals surface area contributed by atoms with E-state index in [-0.39, 0.29) is 0 Å². The van der Waals surface area contributed by atoms with Crippen LogP contribution in [0.3, 0.4) is 0 Å². The number of rotatable bonds is 6. The Bertz CT molecular complexity index is 373. The summed E-state index contributed by atoms with van der Waals surface area (Å²) in [5.41, 5.74) is 3.95. The average Bonchev–Trinajstić information content (AvgIpc) is 3.09. The molecule has 0 spiro atoms. The molecule has 96 valence electrons. The zero-order chi connectivity index (χ0) is 12.4. The van der Waals surface area contributed by atoms with Crippen molar-refractivity contribution in [2.45, 2.75) is 72.0 Å². The highest BCUT2D eigenvalue weighted by Gasteiger charge is 2.22. The van der Waals surface area contributed by atoms with Crippen LogP contribution in [-0.4, -0.2) is 15.8 Å². The SMILES string of the molecule is CCC(CC)n1nc(C)c(CNC2CC2)c1C. The van der Waals surface area contributed by atoms with Crippen LogP contribution in [0.15, 0.2) is 0 Å². The Labute approximate surface area is 105 Å². The van der Waals surface area contributed by atoms with E-state index in [9.17, 15) is 0 Å². The summed E-state index contributed by atoms with van der Waals surface area (Å²) in [6, 6.07) is 1.33. The first-order valence-electron chi connectivity index (χ1n) is 6.95. The lowest BCUT2D eigenvalue weighted by Gasteiger charge is -2.15. The second-order valence-corrected chi connectivity index (χ2v) is 5.22. The van der Waals surface area contributed by atoms with Crippen LogP contribution in [0.4, 0.5) is 0 Å². The molecule has 0 radical (unpaired) electrons. The van der Waals surface area contributed by atoms with Crippen LogP contribution in [0.5, 0.6) is 0 Å². The van der Waals surface area contributed by atoms with Gasteiger partial charge < -0.3 is 5.32 Å². The fourth-order valence-electron chi connectivity index (χ4n) is 2.48. The Morgan fingerprint density at radius 2 is 1.94 bits per heavy atom. The van der Waals surface area contributed by atoms with Gasteiger partial charge in [0.25, 0.3) is 0 Å². The lowest BCUT2D eigenvalue weighted by atomic mass is 10.1. The zero-order valence-electron chi connectivity index (χ0n) is 11.6. The van der Waals surface area contributed by atoms with E-state index < -0.39 is 0 Å². The molecule has 1 saturated carbocycles. The summed E-state index contributed by atoms with van der Waals surface area (Å²) < 4.78 is 2.24. The summed E-state index contributed by atoms with van der Waals surface area (Å²) in [6.07, 6.45) is 5.01. The van der Waals surface area contributed by atoms with Gasteiger partial charge in [-0.15, -0.1) is 0 Å². The van der Waals surface area contributed by atoms with Crippen molar-refractivity contribution >= 4 is 0 Å². The Kier molecular flexibility index (Phi) is 3.87. The van der Waals surface area contributed by atoms with E-state index in [1.54, 1.807) is 0 Å². The molecule has 17 heavy (non-hydrogen) atoms. The molecule has 1 aliphatic carbocycles. The molecule has 2 rings (SSSR count). The highest BCUT2D eigenvalue weighted by atomic mass is 15.3. The Morgan fingerprint density at radius 3 is 2.47 bits per heavy atom. The van der Waals surface area contributed by atoms with Gasteiger partial charge in [0, 0.05) is 23.8 Å². The van der Waals surface area contributed by atoms with Crippen LogP contribution in [0.1, 0.15) is 62.5 Å². The zero-order valence-corrected chi connectivity index (χ0v) is 11.6. The molecule has 3 heteroatoms. The molecule has 1 aromatic rings. The topological polar surface area (TPSA) is 29.9 Å². The number of aromatic nitrogens is 2. The molecule has 0 unspecified atom stereocenters. The molecule has 1 aromatic heterocycles. The molecule has 1 N–H and O–H groups in total. The standard InChI is InChI=1S/C14H25N3/c1-5-13(6-2)17-11(4)14(10(3)16-17)9-15-12-7-8-12/h12-13,15H,5-9H2,1-4H3. The third-order valence-electron chi connectivity index (χ3n) is 3.91. The van der Waals surface area contributed by atoms with Gasteiger partial charge in [0.15, 0.2) is 0 Å². The van der Waals surface area contributed by atoms with Gasteiger partial charge in [-0.25, -0.2) is 0 Å². The molecule has 1 heterocycles. The summed E-state index contributed by atoms with van der Waals surface area (Å²) in [5.74, 6) is 0. The van der Waals surface area contributed by atoms with Gasteiger partial charge in [-0.05, 0) is 39.5 Å². The first-order valence-corrected chi connectivity index (χ1v) is 6.95. The Balaban J connectivity index is 2.14. The lowest BCUT2D eigenvalue weighted by Crippen LogP contribution is -2.17. The fourth-order valence-corrected chi connectivity index (χ4v) is 2.48. The number of hydrogen-bond donors (Lipinski definition) is 1. The van der Waals surface area contributed by atoms with Crippen molar-refractivity contribution in [1.82, 2.24) is 15.1 Å². The Morgan fingerprint density at radius 1 is 1.29 bits per heavy atom. The summed E-state index contributed by atoms with van der Waals surface area (Å²) in [4.78, 5) is 0. The van der Waals surface area contributed by atoms with E-state index in [1.165, 1.54) is 29.8 Å². The minimum absolute atomic E-state index is 0.559. The van der Waals surface area contributed by atoms with Crippen LogP contribution in [0.25, 0.3) is 0 Å². The van der Waals surface area contributed by atoms with Crippen molar-refractivity contribution in [3.8, 4) is 0 Å². The van der Waals surface area contributed by atoms with E-state index in [0.29, 0.717) is 6.04 Å². The summed E-state index contributed by atoms with van der Waals surface area (Å²) >= 11 is 0. The quantitative estimate of drug-likeness (QED) is 0.821. The van der Waals surface area contributed by atoms with E-state index >= 15 is 0 Å². The normalized spacial score (nSPS) is 15.8. The van der Waals surface area contributed by atoms with Crippen molar-refractivity contribution in [3.63, 3.8) is 0 Å². The van der Waals surface area contributed by atoms with E-state index in [2.05, 4.69) is 37.7 Å². The van der Waals surface area contributed by atoms with Crippen LogP contribution < -0.4 is 5.32 Å². The minimum atomic E-state index is 0.559. The maximum absolute atomic E-state index is 4.73. The molecular formula is C14H25N3. The van der Waals surface area contributed by atoms with Gasteiger partial charge in [-0.3, -0.25) is 4.68 Å². The second-order valence-electron chi connectivity index (χ2n) is 5.22. The summed E-state index contributed by atoms with van der Waals surface area (Å²) in [7, 11) is 0. The number of nitrogens with zero attached hydrogens (tertiary/aromatic N) is 2. The van der Waals surface area contributed by atoms with Crippen molar-refractivity contribution < 1.29 is 0 Å². The van der Waals surface area contributed by atoms with Crippen LogP contribution >= 0.6 is 0 Å². The van der Waals surface area contributed by atoms with Gasteiger partial charge in [0.1, 0.15) is 0 Å². The lowest BCUT2D eigenvalue weighted by molar-refractivity contribution is 0.418. The molecule has 0 saturated heterocycles. The molecule has 3 nitrogen and oxygen atoms in total. The van der Waals surface area contributed by atoms with Crippen LogP contribution in [0, 0.1) is 13.8 Å². The van der Waals surface area contributed by atoms with Gasteiger partial charge in [0.2, 0.25) is 0 Å². The number of nitrogens with one attached hydrogen (secondary N) is 1. The third-order valence-corrected chi connectivity index (χ3v) is 3.91.